The normalized spacial score (nSPS) is 14.7. The van der Waals surface area contributed by atoms with Crippen molar-refractivity contribution in [3.05, 3.63) is 54.4 Å². The van der Waals surface area contributed by atoms with Gasteiger partial charge < -0.3 is 14.2 Å². The Morgan fingerprint density at radius 3 is 2.74 bits per heavy atom. The van der Waals surface area contributed by atoms with Crippen LogP contribution in [0.15, 0.2) is 43.0 Å². The van der Waals surface area contributed by atoms with Gasteiger partial charge in [0.25, 0.3) is 0 Å². The number of nitrogens with zero attached hydrogens (tertiary/aromatic N) is 6. The van der Waals surface area contributed by atoms with Gasteiger partial charge in [0, 0.05) is 56.8 Å². The van der Waals surface area contributed by atoms with Gasteiger partial charge in [-0.25, -0.2) is 15.0 Å². The van der Waals surface area contributed by atoms with Crippen molar-refractivity contribution in [2.45, 2.75) is 26.2 Å². The van der Waals surface area contributed by atoms with Gasteiger partial charge in [-0.15, -0.1) is 0 Å². The molecule has 4 heterocycles. The highest BCUT2D eigenvalue weighted by Crippen LogP contribution is 2.15. The molecule has 140 valence electrons. The topological polar surface area (TPSA) is 66.6 Å². The van der Waals surface area contributed by atoms with Crippen molar-refractivity contribution in [2.24, 2.45) is 0 Å². The second-order valence-electron chi connectivity index (χ2n) is 6.79. The molecular formula is C20H24N6O. The Morgan fingerprint density at radius 2 is 1.96 bits per heavy atom. The number of fused-ring (bicyclic) bond motifs is 1. The highest BCUT2D eigenvalue weighted by Gasteiger charge is 2.22. The van der Waals surface area contributed by atoms with Crippen molar-refractivity contribution in [2.75, 3.05) is 31.1 Å². The summed E-state index contributed by atoms with van der Waals surface area (Å²) in [6, 6.07) is 7.96. The van der Waals surface area contributed by atoms with Crippen molar-refractivity contribution < 1.29 is 4.79 Å². The van der Waals surface area contributed by atoms with Gasteiger partial charge in [-0.2, -0.15) is 0 Å². The van der Waals surface area contributed by atoms with E-state index in [0.717, 1.165) is 55.5 Å². The molecule has 7 heteroatoms. The van der Waals surface area contributed by atoms with Gasteiger partial charge in [0.1, 0.15) is 17.8 Å². The zero-order valence-corrected chi connectivity index (χ0v) is 15.6. The van der Waals surface area contributed by atoms with Crippen molar-refractivity contribution in [1.82, 2.24) is 24.3 Å². The van der Waals surface area contributed by atoms with E-state index in [0.29, 0.717) is 12.8 Å². The molecular weight excluding hydrogens is 340 g/mol. The number of rotatable bonds is 5. The van der Waals surface area contributed by atoms with E-state index < -0.39 is 0 Å². The van der Waals surface area contributed by atoms with Crippen molar-refractivity contribution in [3.8, 4) is 0 Å². The standard InChI is InChI=1S/C20H24N6O/c1-2-16-13-19(22-15-21-16)24-9-11-25(12-10-24)20(27)7-6-17-14-26-8-4-3-5-18(26)23-17/h3-5,8,13-15H,2,6-7,9-12H2,1H3. The third kappa shape index (κ3) is 3.92. The van der Waals surface area contributed by atoms with Gasteiger partial charge in [-0.1, -0.05) is 13.0 Å². The third-order valence-electron chi connectivity index (χ3n) is 5.04. The molecule has 0 unspecified atom stereocenters. The first kappa shape index (κ1) is 17.5. The lowest BCUT2D eigenvalue weighted by Gasteiger charge is -2.35. The summed E-state index contributed by atoms with van der Waals surface area (Å²) >= 11 is 0. The SMILES string of the molecule is CCc1cc(N2CCN(C(=O)CCc3cn4ccccc4n3)CC2)ncn1. The van der Waals surface area contributed by atoms with E-state index >= 15 is 0 Å². The smallest absolute Gasteiger partial charge is 0.223 e. The zero-order valence-electron chi connectivity index (χ0n) is 15.6. The third-order valence-corrected chi connectivity index (χ3v) is 5.04. The number of anilines is 1. The molecule has 1 amide bonds. The molecule has 1 saturated heterocycles. The molecule has 1 aliphatic heterocycles. The maximum absolute atomic E-state index is 12.6. The largest absolute Gasteiger partial charge is 0.353 e. The molecule has 0 radical (unpaired) electrons. The Labute approximate surface area is 158 Å². The molecule has 1 fully saturated rings. The molecule has 0 aliphatic carbocycles. The lowest BCUT2D eigenvalue weighted by Crippen LogP contribution is -2.49. The second kappa shape index (κ2) is 7.73. The van der Waals surface area contributed by atoms with Crippen molar-refractivity contribution in [1.29, 1.82) is 0 Å². The lowest BCUT2D eigenvalue weighted by atomic mass is 10.2. The quantitative estimate of drug-likeness (QED) is 0.692. The number of carbonyl (C=O) groups is 1. The van der Waals surface area contributed by atoms with Crippen LogP contribution in [-0.4, -0.2) is 56.3 Å². The number of pyridine rings is 1. The summed E-state index contributed by atoms with van der Waals surface area (Å²) in [7, 11) is 0. The summed E-state index contributed by atoms with van der Waals surface area (Å²) in [5, 5.41) is 0. The van der Waals surface area contributed by atoms with Crippen LogP contribution in [0.3, 0.4) is 0 Å². The lowest BCUT2D eigenvalue weighted by molar-refractivity contribution is -0.131. The fraction of sp³-hybridized carbons (Fsp3) is 0.400. The zero-order chi connectivity index (χ0) is 18.6. The maximum Gasteiger partial charge on any atom is 0.223 e. The van der Waals surface area contributed by atoms with Crippen LogP contribution in [-0.2, 0) is 17.6 Å². The Morgan fingerprint density at radius 1 is 1.11 bits per heavy atom. The molecule has 0 bridgehead atoms. The van der Waals surface area contributed by atoms with E-state index in [9.17, 15) is 4.79 Å². The number of carbonyl (C=O) groups excluding carboxylic acids is 1. The Bertz CT molecular complexity index is 896. The predicted octanol–water partition coefficient (Wildman–Crippen LogP) is 1.97. The molecule has 0 atom stereocenters. The molecule has 4 rings (SSSR count). The number of imidazole rings is 1. The van der Waals surface area contributed by atoms with Gasteiger partial charge >= 0.3 is 0 Å². The predicted molar refractivity (Wildman–Crippen MR) is 104 cm³/mol. The summed E-state index contributed by atoms with van der Waals surface area (Å²) in [5.74, 6) is 1.15. The molecule has 3 aromatic rings. The number of piperazine rings is 1. The number of hydrogen-bond donors (Lipinski definition) is 0. The van der Waals surface area contributed by atoms with Gasteiger partial charge in [0.2, 0.25) is 5.91 Å². The maximum atomic E-state index is 12.6. The highest BCUT2D eigenvalue weighted by molar-refractivity contribution is 5.76. The van der Waals surface area contributed by atoms with Crippen LogP contribution in [0.5, 0.6) is 0 Å². The Hall–Kier alpha value is -2.96. The van der Waals surface area contributed by atoms with Crippen LogP contribution >= 0.6 is 0 Å². The van der Waals surface area contributed by atoms with Gasteiger partial charge in [-0.05, 0) is 25.0 Å². The van der Waals surface area contributed by atoms with E-state index in [-0.39, 0.29) is 5.91 Å². The summed E-state index contributed by atoms with van der Waals surface area (Å²) in [6.45, 7) is 5.16. The molecule has 0 saturated carbocycles. The average Bonchev–Trinajstić information content (AvgIpc) is 3.15. The summed E-state index contributed by atoms with van der Waals surface area (Å²) in [4.78, 5) is 30.0. The fourth-order valence-corrected chi connectivity index (χ4v) is 3.44. The first-order valence-corrected chi connectivity index (χ1v) is 9.49. The minimum atomic E-state index is 0.198. The molecule has 7 nitrogen and oxygen atoms in total. The minimum Gasteiger partial charge on any atom is -0.353 e. The van der Waals surface area contributed by atoms with Crippen LogP contribution < -0.4 is 4.90 Å². The van der Waals surface area contributed by atoms with Crippen LogP contribution in [0.1, 0.15) is 24.7 Å². The van der Waals surface area contributed by atoms with E-state index in [1.807, 2.05) is 46.0 Å². The van der Waals surface area contributed by atoms with E-state index in [1.54, 1.807) is 6.33 Å². The first-order valence-electron chi connectivity index (χ1n) is 9.49. The summed E-state index contributed by atoms with van der Waals surface area (Å²) < 4.78 is 1.99. The van der Waals surface area contributed by atoms with E-state index in [1.165, 1.54) is 0 Å². The molecule has 0 aromatic carbocycles. The number of amides is 1. The highest BCUT2D eigenvalue weighted by atomic mass is 16.2. The molecule has 0 N–H and O–H groups in total. The van der Waals surface area contributed by atoms with Gasteiger partial charge in [0.15, 0.2) is 0 Å². The van der Waals surface area contributed by atoms with Crippen LogP contribution in [0.25, 0.3) is 5.65 Å². The minimum absolute atomic E-state index is 0.198. The van der Waals surface area contributed by atoms with E-state index in [2.05, 4.69) is 26.8 Å². The van der Waals surface area contributed by atoms with Crippen LogP contribution in [0, 0.1) is 0 Å². The molecule has 3 aromatic heterocycles. The van der Waals surface area contributed by atoms with Crippen molar-refractivity contribution in [3.63, 3.8) is 0 Å². The number of hydrogen-bond acceptors (Lipinski definition) is 5. The average molecular weight is 364 g/mol. The number of aryl methyl sites for hydroxylation is 2. The fourth-order valence-electron chi connectivity index (χ4n) is 3.44. The van der Waals surface area contributed by atoms with Gasteiger partial charge in [-0.3, -0.25) is 4.79 Å². The van der Waals surface area contributed by atoms with Gasteiger partial charge in [0.05, 0.1) is 5.69 Å². The molecule has 0 spiro atoms. The Kier molecular flexibility index (Phi) is 5.00. The molecule has 1 aliphatic rings. The summed E-state index contributed by atoms with van der Waals surface area (Å²) in [5.41, 5.74) is 2.93. The summed E-state index contributed by atoms with van der Waals surface area (Å²) in [6.07, 6.45) is 7.67. The first-order chi connectivity index (χ1) is 13.2. The number of aromatic nitrogens is 4. The Balaban J connectivity index is 1.30. The van der Waals surface area contributed by atoms with Crippen LogP contribution in [0.2, 0.25) is 0 Å². The molecule has 27 heavy (non-hydrogen) atoms. The van der Waals surface area contributed by atoms with Crippen molar-refractivity contribution >= 4 is 17.4 Å². The monoisotopic (exact) mass is 364 g/mol. The van der Waals surface area contributed by atoms with E-state index in [4.69, 9.17) is 0 Å². The second-order valence-corrected chi connectivity index (χ2v) is 6.79. The van der Waals surface area contributed by atoms with Crippen LogP contribution in [0.4, 0.5) is 5.82 Å².